The molecule has 0 radical (unpaired) electrons. The number of nitrogens with one attached hydrogen (secondary N) is 2. The van der Waals surface area contributed by atoms with Crippen molar-refractivity contribution in [2.75, 3.05) is 11.9 Å². The van der Waals surface area contributed by atoms with Crippen LogP contribution >= 0.6 is 0 Å². The summed E-state index contributed by atoms with van der Waals surface area (Å²) in [4.78, 5) is 0. The second-order valence-corrected chi connectivity index (χ2v) is 6.18. The lowest BCUT2D eigenvalue weighted by molar-refractivity contribution is 0.300. The highest BCUT2D eigenvalue weighted by Crippen LogP contribution is 2.28. The maximum atomic E-state index is 12.9. The fourth-order valence-electron chi connectivity index (χ4n) is 2.97. The summed E-state index contributed by atoms with van der Waals surface area (Å²) < 4.78 is 12.9. The smallest absolute Gasteiger partial charge is 0.148 e. The van der Waals surface area contributed by atoms with Crippen LogP contribution in [0.1, 0.15) is 32.6 Å². The molecule has 1 aromatic heterocycles. The molecule has 1 aliphatic carbocycles. The second-order valence-electron chi connectivity index (χ2n) is 6.18. The average molecular weight is 287 g/mol. The zero-order valence-electron chi connectivity index (χ0n) is 12.4. The van der Waals surface area contributed by atoms with Crippen molar-refractivity contribution >= 4 is 5.82 Å². The number of halogens is 1. The molecule has 0 unspecified atom stereocenters. The summed E-state index contributed by atoms with van der Waals surface area (Å²) in [6, 6.07) is 8.43. The minimum atomic E-state index is -0.219. The Hall–Kier alpha value is -1.84. The zero-order chi connectivity index (χ0) is 14.7. The molecule has 2 N–H and O–H groups in total. The van der Waals surface area contributed by atoms with Gasteiger partial charge in [0.25, 0.3) is 0 Å². The number of hydrogen-bond acceptors (Lipinski definition) is 2. The lowest BCUT2D eigenvalue weighted by Gasteiger charge is -2.26. The van der Waals surface area contributed by atoms with E-state index in [-0.39, 0.29) is 5.82 Å². The van der Waals surface area contributed by atoms with Gasteiger partial charge in [0.1, 0.15) is 11.6 Å². The van der Waals surface area contributed by atoms with E-state index in [1.165, 1.54) is 37.8 Å². The van der Waals surface area contributed by atoms with Crippen molar-refractivity contribution in [3.05, 3.63) is 36.1 Å². The molecule has 1 aromatic carbocycles. The van der Waals surface area contributed by atoms with Gasteiger partial charge >= 0.3 is 0 Å². The van der Waals surface area contributed by atoms with E-state index in [9.17, 15) is 4.39 Å². The molecule has 1 saturated carbocycles. The van der Waals surface area contributed by atoms with E-state index < -0.39 is 0 Å². The Balaban J connectivity index is 1.56. The highest BCUT2D eigenvalue weighted by atomic mass is 19.1. The van der Waals surface area contributed by atoms with Gasteiger partial charge in [-0.25, -0.2) is 4.39 Å². The third kappa shape index (κ3) is 3.63. The van der Waals surface area contributed by atoms with Gasteiger partial charge in [0.15, 0.2) is 0 Å². The van der Waals surface area contributed by atoms with Crippen LogP contribution in [0.25, 0.3) is 11.3 Å². The van der Waals surface area contributed by atoms with Crippen molar-refractivity contribution in [2.24, 2.45) is 11.8 Å². The summed E-state index contributed by atoms with van der Waals surface area (Å²) in [5.74, 6) is 2.29. The van der Waals surface area contributed by atoms with Crippen molar-refractivity contribution in [1.29, 1.82) is 0 Å². The molecular weight excluding hydrogens is 265 g/mol. The number of nitrogens with zero attached hydrogens (tertiary/aromatic N) is 1. The quantitative estimate of drug-likeness (QED) is 0.872. The maximum absolute atomic E-state index is 12.9. The van der Waals surface area contributed by atoms with Crippen LogP contribution in [0, 0.1) is 17.7 Å². The number of aromatic amines is 1. The van der Waals surface area contributed by atoms with Gasteiger partial charge in [-0.3, -0.25) is 5.10 Å². The van der Waals surface area contributed by atoms with Gasteiger partial charge in [-0.1, -0.05) is 19.8 Å². The molecule has 4 heteroatoms. The highest BCUT2D eigenvalue weighted by molar-refractivity contribution is 5.62. The molecule has 1 fully saturated rings. The third-order valence-electron chi connectivity index (χ3n) is 4.44. The summed E-state index contributed by atoms with van der Waals surface area (Å²) in [6.07, 6.45) is 5.30. The molecule has 3 nitrogen and oxygen atoms in total. The van der Waals surface area contributed by atoms with E-state index in [0.29, 0.717) is 0 Å². The minimum Gasteiger partial charge on any atom is -0.368 e. The second kappa shape index (κ2) is 6.29. The fraction of sp³-hybridized carbons (Fsp3) is 0.471. The van der Waals surface area contributed by atoms with Crippen LogP contribution in [0.5, 0.6) is 0 Å². The number of aromatic nitrogens is 2. The van der Waals surface area contributed by atoms with E-state index in [1.54, 1.807) is 12.1 Å². The van der Waals surface area contributed by atoms with Gasteiger partial charge in [0.05, 0.1) is 5.69 Å². The van der Waals surface area contributed by atoms with E-state index in [0.717, 1.165) is 35.5 Å². The first kappa shape index (κ1) is 14.1. The molecule has 0 atom stereocenters. The van der Waals surface area contributed by atoms with Crippen LogP contribution in [0.4, 0.5) is 10.2 Å². The van der Waals surface area contributed by atoms with Crippen LogP contribution in [0.15, 0.2) is 30.3 Å². The van der Waals surface area contributed by atoms with Gasteiger partial charge in [-0.15, -0.1) is 0 Å². The van der Waals surface area contributed by atoms with Crippen molar-refractivity contribution in [2.45, 2.75) is 32.6 Å². The summed E-state index contributed by atoms with van der Waals surface area (Å²) in [5, 5.41) is 10.7. The number of rotatable bonds is 4. The van der Waals surface area contributed by atoms with Crippen molar-refractivity contribution in [3.8, 4) is 11.3 Å². The Labute approximate surface area is 125 Å². The topological polar surface area (TPSA) is 40.7 Å². The van der Waals surface area contributed by atoms with E-state index in [1.807, 2.05) is 6.07 Å². The highest BCUT2D eigenvalue weighted by Gasteiger charge is 2.18. The summed E-state index contributed by atoms with van der Waals surface area (Å²) >= 11 is 0. The molecule has 0 amide bonds. The summed E-state index contributed by atoms with van der Waals surface area (Å²) in [5.41, 5.74) is 1.86. The van der Waals surface area contributed by atoms with Crippen LogP contribution in [-0.4, -0.2) is 16.7 Å². The molecule has 0 saturated heterocycles. The summed E-state index contributed by atoms with van der Waals surface area (Å²) in [6.45, 7) is 3.33. The van der Waals surface area contributed by atoms with Crippen LogP contribution < -0.4 is 5.32 Å². The molecule has 112 valence electrons. The monoisotopic (exact) mass is 287 g/mol. The summed E-state index contributed by atoms with van der Waals surface area (Å²) in [7, 11) is 0. The van der Waals surface area contributed by atoms with Gasteiger partial charge in [0, 0.05) is 12.6 Å². The predicted molar refractivity (Wildman–Crippen MR) is 83.6 cm³/mol. The Bertz CT molecular complexity index is 568. The number of hydrogen-bond donors (Lipinski definition) is 2. The normalized spacial score (nSPS) is 22.2. The first-order chi connectivity index (χ1) is 10.2. The number of H-pyrrole nitrogens is 1. The molecule has 3 rings (SSSR count). The van der Waals surface area contributed by atoms with Gasteiger partial charge < -0.3 is 5.32 Å². The zero-order valence-corrected chi connectivity index (χ0v) is 12.4. The lowest BCUT2D eigenvalue weighted by atomic mass is 9.83. The molecule has 0 spiro atoms. The average Bonchev–Trinajstić information content (AvgIpc) is 2.96. The Kier molecular flexibility index (Phi) is 4.23. The van der Waals surface area contributed by atoms with Gasteiger partial charge in [-0.2, -0.15) is 5.10 Å². The number of benzene rings is 1. The first-order valence-corrected chi connectivity index (χ1v) is 7.76. The Morgan fingerprint density at radius 3 is 2.62 bits per heavy atom. The SMILES string of the molecule is CC1CCC(CNc2cc(-c3ccc(F)cc3)[nH]n2)CC1. The fourth-order valence-corrected chi connectivity index (χ4v) is 2.97. The molecule has 0 bridgehead atoms. The Morgan fingerprint density at radius 2 is 1.90 bits per heavy atom. The lowest BCUT2D eigenvalue weighted by Crippen LogP contribution is -2.20. The molecule has 2 aromatic rings. The minimum absolute atomic E-state index is 0.219. The molecular formula is C17H22FN3. The van der Waals surface area contributed by atoms with Crippen LogP contribution in [0.2, 0.25) is 0 Å². The van der Waals surface area contributed by atoms with Crippen molar-refractivity contribution in [1.82, 2.24) is 10.2 Å². The number of anilines is 1. The van der Waals surface area contributed by atoms with E-state index in [4.69, 9.17) is 0 Å². The van der Waals surface area contributed by atoms with E-state index in [2.05, 4.69) is 22.4 Å². The van der Waals surface area contributed by atoms with E-state index >= 15 is 0 Å². The molecule has 1 aliphatic rings. The Morgan fingerprint density at radius 1 is 1.19 bits per heavy atom. The first-order valence-electron chi connectivity index (χ1n) is 7.76. The van der Waals surface area contributed by atoms with Crippen LogP contribution in [0.3, 0.4) is 0 Å². The molecule has 0 aliphatic heterocycles. The molecule has 1 heterocycles. The van der Waals surface area contributed by atoms with Gasteiger partial charge in [0.2, 0.25) is 0 Å². The van der Waals surface area contributed by atoms with Crippen molar-refractivity contribution < 1.29 is 4.39 Å². The molecule has 21 heavy (non-hydrogen) atoms. The third-order valence-corrected chi connectivity index (χ3v) is 4.44. The predicted octanol–water partition coefficient (Wildman–Crippen LogP) is 4.45. The van der Waals surface area contributed by atoms with Crippen molar-refractivity contribution in [3.63, 3.8) is 0 Å². The standard InChI is InChI=1S/C17H22FN3/c1-12-2-4-13(5-3-12)11-19-17-10-16(20-21-17)14-6-8-15(18)9-7-14/h6-10,12-13H,2-5,11H2,1H3,(H2,19,20,21). The van der Waals surface area contributed by atoms with Crippen LogP contribution in [-0.2, 0) is 0 Å². The largest absolute Gasteiger partial charge is 0.368 e. The maximum Gasteiger partial charge on any atom is 0.148 e. The van der Waals surface area contributed by atoms with Gasteiger partial charge in [-0.05, 0) is 54.5 Å².